The number of carbonyl (C=O) groups excluding carboxylic acids is 1. The van der Waals surface area contributed by atoms with Crippen LogP contribution in [0.2, 0.25) is 0 Å². The van der Waals surface area contributed by atoms with E-state index in [4.69, 9.17) is 12.2 Å². The number of H-pyrrole nitrogens is 2. The van der Waals surface area contributed by atoms with Crippen LogP contribution in [0.5, 0.6) is 0 Å². The van der Waals surface area contributed by atoms with Crippen LogP contribution in [0.1, 0.15) is 21.5 Å². The number of fused-ring (bicyclic) bond motifs is 2. The van der Waals surface area contributed by atoms with E-state index < -0.39 is 0 Å². The molecule has 2 aromatic heterocycles. The van der Waals surface area contributed by atoms with E-state index in [0.29, 0.717) is 23.4 Å². The predicted octanol–water partition coefficient (Wildman–Crippen LogP) is 5.36. The van der Waals surface area contributed by atoms with E-state index in [1.807, 2.05) is 66.9 Å². The van der Waals surface area contributed by atoms with E-state index in [-0.39, 0.29) is 5.91 Å². The molecule has 0 aliphatic carbocycles. The first kappa shape index (κ1) is 20.9. The molecule has 0 spiro atoms. The Morgan fingerprint density at radius 1 is 0.909 bits per heavy atom. The minimum Gasteiger partial charge on any atom is -0.365 e. The molecular weight excluding hydrogens is 430 g/mol. The molecular formula is C26H23N5OS. The van der Waals surface area contributed by atoms with E-state index in [1.54, 1.807) is 0 Å². The summed E-state index contributed by atoms with van der Waals surface area (Å²) in [6.07, 6.45) is 2.79. The van der Waals surface area contributed by atoms with Crippen LogP contribution in [0.15, 0.2) is 79.0 Å². The van der Waals surface area contributed by atoms with Crippen molar-refractivity contribution in [2.45, 2.75) is 13.0 Å². The van der Waals surface area contributed by atoms with Crippen LogP contribution in [0, 0.1) is 4.77 Å². The second-order valence-corrected chi connectivity index (χ2v) is 8.24. The Hall–Kier alpha value is -3.97. The third-order valence-electron chi connectivity index (χ3n) is 5.67. The lowest BCUT2D eigenvalue weighted by Crippen LogP contribution is -2.25. The van der Waals surface area contributed by atoms with Gasteiger partial charge in [0.05, 0.1) is 5.52 Å². The van der Waals surface area contributed by atoms with Gasteiger partial charge in [-0.3, -0.25) is 4.79 Å². The van der Waals surface area contributed by atoms with Gasteiger partial charge in [-0.1, -0.05) is 42.5 Å². The zero-order valence-corrected chi connectivity index (χ0v) is 18.7. The van der Waals surface area contributed by atoms with Crippen molar-refractivity contribution in [2.75, 3.05) is 11.9 Å². The van der Waals surface area contributed by atoms with Crippen LogP contribution in [0.4, 0.5) is 5.82 Å². The van der Waals surface area contributed by atoms with Gasteiger partial charge in [-0.25, -0.2) is 4.98 Å². The van der Waals surface area contributed by atoms with Crippen molar-refractivity contribution in [1.82, 2.24) is 20.3 Å². The number of hydrogen-bond donors (Lipinski definition) is 4. The van der Waals surface area contributed by atoms with Crippen molar-refractivity contribution >= 4 is 45.7 Å². The Morgan fingerprint density at radius 2 is 1.64 bits per heavy atom. The van der Waals surface area contributed by atoms with Crippen molar-refractivity contribution in [3.05, 3.63) is 100 Å². The van der Waals surface area contributed by atoms with Gasteiger partial charge in [0.2, 0.25) is 0 Å². The molecule has 164 valence electrons. The van der Waals surface area contributed by atoms with Gasteiger partial charge in [-0.15, -0.1) is 0 Å². The minimum atomic E-state index is -0.0728. The van der Waals surface area contributed by atoms with Gasteiger partial charge >= 0.3 is 0 Å². The Kier molecular flexibility index (Phi) is 5.87. The lowest BCUT2D eigenvalue weighted by Gasteiger charge is -2.10. The molecule has 0 fully saturated rings. The van der Waals surface area contributed by atoms with Crippen LogP contribution in [0.25, 0.3) is 21.8 Å². The predicted molar refractivity (Wildman–Crippen MR) is 135 cm³/mol. The highest BCUT2D eigenvalue weighted by Gasteiger charge is 2.08. The van der Waals surface area contributed by atoms with Crippen molar-refractivity contribution < 1.29 is 4.79 Å². The highest BCUT2D eigenvalue weighted by molar-refractivity contribution is 7.71. The Balaban J connectivity index is 1.18. The molecule has 2 heterocycles. The number of carbonyl (C=O) groups is 1. The van der Waals surface area contributed by atoms with Gasteiger partial charge < -0.3 is 20.6 Å². The molecule has 33 heavy (non-hydrogen) atoms. The average molecular weight is 454 g/mol. The second kappa shape index (κ2) is 9.26. The molecule has 0 aliphatic rings. The number of rotatable bonds is 7. The van der Waals surface area contributed by atoms with Gasteiger partial charge in [0.15, 0.2) is 4.77 Å². The highest BCUT2D eigenvalue weighted by atomic mass is 32.1. The average Bonchev–Trinajstić information content (AvgIpc) is 3.26. The fourth-order valence-corrected chi connectivity index (χ4v) is 4.15. The maximum Gasteiger partial charge on any atom is 0.251 e. The molecule has 0 radical (unpaired) electrons. The number of para-hydroxylation sites is 2. The standard InChI is InChI=1S/C26H23N5OS/c32-25(27-14-13-19-16-28-22-7-3-1-5-20(19)22)18-11-9-17(10-12-18)15-29-24-21-6-2-4-8-23(21)30-26(33)31-24/h1-12,16,28H,13-15H2,(H,27,32)(H2,29,30,31,33). The number of nitrogens with one attached hydrogen (secondary N) is 4. The van der Waals surface area contributed by atoms with E-state index in [9.17, 15) is 4.79 Å². The lowest BCUT2D eigenvalue weighted by atomic mass is 10.1. The molecule has 6 nitrogen and oxygen atoms in total. The number of hydrogen-bond acceptors (Lipinski definition) is 4. The zero-order valence-electron chi connectivity index (χ0n) is 17.9. The monoisotopic (exact) mass is 453 g/mol. The summed E-state index contributed by atoms with van der Waals surface area (Å²) in [5.74, 6) is 0.671. The number of aromatic nitrogens is 3. The largest absolute Gasteiger partial charge is 0.365 e. The third-order valence-corrected chi connectivity index (χ3v) is 5.86. The van der Waals surface area contributed by atoms with Crippen LogP contribution in [0.3, 0.4) is 0 Å². The number of anilines is 1. The lowest BCUT2D eigenvalue weighted by molar-refractivity contribution is 0.0954. The Labute approximate surface area is 196 Å². The molecule has 0 aliphatic heterocycles. The molecule has 1 amide bonds. The van der Waals surface area contributed by atoms with Crippen molar-refractivity contribution in [2.24, 2.45) is 0 Å². The van der Waals surface area contributed by atoms with E-state index in [2.05, 4.69) is 37.7 Å². The van der Waals surface area contributed by atoms with E-state index in [1.165, 1.54) is 10.9 Å². The number of nitrogens with zero attached hydrogens (tertiary/aromatic N) is 1. The summed E-state index contributed by atoms with van der Waals surface area (Å²) in [5, 5.41) is 8.55. The zero-order chi connectivity index (χ0) is 22.6. The molecule has 0 unspecified atom stereocenters. The van der Waals surface area contributed by atoms with Crippen LogP contribution < -0.4 is 10.6 Å². The molecule has 5 rings (SSSR count). The first-order chi connectivity index (χ1) is 16.2. The molecule has 0 saturated heterocycles. The van der Waals surface area contributed by atoms with Gasteiger partial charge in [0.25, 0.3) is 5.91 Å². The maximum atomic E-state index is 12.6. The number of benzene rings is 3. The molecule has 0 atom stereocenters. The third kappa shape index (κ3) is 4.63. The summed E-state index contributed by atoms with van der Waals surface area (Å²) >= 11 is 5.23. The molecule has 0 saturated carbocycles. The normalized spacial score (nSPS) is 11.0. The topological polar surface area (TPSA) is 85.6 Å². The fraction of sp³-hybridized carbons (Fsp3) is 0.115. The summed E-state index contributed by atoms with van der Waals surface area (Å²) in [6, 6.07) is 23.7. The smallest absolute Gasteiger partial charge is 0.251 e. The number of amides is 1. The number of aromatic amines is 2. The van der Waals surface area contributed by atoms with Crippen LogP contribution in [-0.4, -0.2) is 27.4 Å². The fourth-order valence-electron chi connectivity index (χ4n) is 3.95. The molecule has 4 N–H and O–H groups in total. The maximum absolute atomic E-state index is 12.6. The van der Waals surface area contributed by atoms with Gasteiger partial charge in [-0.2, -0.15) is 0 Å². The quantitative estimate of drug-likeness (QED) is 0.250. The minimum absolute atomic E-state index is 0.0728. The summed E-state index contributed by atoms with van der Waals surface area (Å²) in [7, 11) is 0. The van der Waals surface area contributed by atoms with Gasteiger partial charge in [0.1, 0.15) is 5.82 Å². The second-order valence-electron chi connectivity index (χ2n) is 7.85. The molecule has 7 heteroatoms. The van der Waals surface area contributed by atoms with Gasteiger partial charge in [0, 0.05) is 41.1 Å². The summed E-state index contributed by atoms with van der Waals surface area (Å²) in [5.41, 5.74) is 4.95. The van der Waals surface area contributed by atoms with Crippen molar-refractivity contribution in [3.63, 3.8) is 0 Å². The van der Waals surface area contributed by atoms with Crippen LogP contribution in [-0.2, 0) is 13.0 Å². The summed E-state index contributed by atoms with van der Waals surface area (Å²) in [6.45, 7) is 1.16. The molecule has 0 bridgehead atoms. The Bertz CT molecular complexity index is 1490. The summed E-state index contributed by atoms with van der Waals surface area (Å²) in [4.78, 5) is 23.3. The first-order valence-corrected chi connectivity index (χ1v) is 11.2. The Morgan fingerprint density at radius 3 is 2.45 bits per heavy atom. The first-order valence-electron chi connectivity index (χ1n) is 10.8. The highest BCUT2D eigenvalue weighted by Crippen LogP contribution is 2.20. The summed E-state index contributed by atoms with van der Waals surface area (Å²) < 4.78 is 0.441. The van der Waals surface area contributed by atoms with Crippen molar-refractivity contribution in [1.29, 1.82) is 0 Å². The van der Waals surface area contributed by atoms with E-state index >= 15 is 0 Å². The molecule has 3 aromatic carbocycles. The SMILES string of the molecule is O=C(NCCc1c[nH]c2ccccc12)c1ccc(CNc2nc(=S)[nH]c3ccccc23)cc1. The van der Waals surface area contributed by atoms with Gasteiger partial charge in [-0.05, 0) is 60.1 Å². The van der Waals surface area contributed by atoms with Crippen LogP contribution >= 0.6 is 12.2 Å². The van der Waals surface area contributed by atoms with E-state index in [0.717, 1.165) is 34.2 Å². The molecule has 5 aromatic rings. The van der Waals surface area contributed by atoms with Crippen molar-refractivity contribution in [3.8, 4) is 0 Å².